The second-order valence-electron chi connectivity index (χ2n) is 7.94. The van der Waals surface area contributed by atoms with Gasteiger partial charge in [0.15, 0.2) is 0 Å². The fourth-order valence-electron chi connectivity index (χ4n) is 4.47. The fourth-order valence-corrected chi connectivity index (χ4v) is 5.35. The molecule has 0 unspecified atom stereocenters. The van der Waals surface area contributed by atoms with Crippen LogP contribution in [0.2, 0.25) is 0 Å². The maximum absolute atomic E-state index is 13.5. The summed E-state index contributed by atoms with van der Waals surface area (Å²) in [5.41, 5.74) is 2.06. The predicted octanol–water partition coefficient (Wildman–Crippen LogP) is 4.94. The summed E-state index contributed by atoms with van der Waals surface area (Å²) in [7, 11) is 0. The second-order valence-corrected chi connectivity index (χ2v) is 8.92. The number of aryl methyl sites for hydroxylation is 1. The molecule has 28 heavy (non-hydrogen) atoms. The molecular formula is C23H28N2O2S. The highest BCUT2D eigenvalue weighted by atomic mass is 32.1. The first-order valence-electron chi connectivity index (χ1n) is 10.4. The molecule has 0 radical (unpaired) electrons. The first-order valence-corrected chi connectivity index (χ1v) is 11.2. The maximum Gasteiger partial charge on any atom is 0.228 e. The van der Waals surface area contributed by atoms with Crippen molar-refractivity contribution in [1.82, 2.24) is 4.90 Å². The van der Waals surface area contributed by atoms with Crippen LogP contribution in [-0.2, 0) is 9.59 Å². The molecule has 2 aliphatic heterocycles. The highest BCUT2D eigenvalue weighted by molar-refractivity contribution is 7.10. The van der Waals surface area contributed by atoms with E-state index in [1.54, 1.807) is 11.3 Å². The van der Waals surface area contributed by atoms with Crippen LogP contribution in [0.1, 0.15) is 55.0 Å². The number of piperidine rings is 1. The lowest BCUT2D eigenvalue weighted by atomic mass is 9.85. The molecule has 1 aromatic heterocycles. The van der Waals surface area contributed by atoms with Crippen LogP contribution >= 0.6 is 11.3 Å². The molecule has 0 aliphatic carbocycles. The van der Waals surface area contributed by atoms with E-state index in [1.807, 2.05) is 47.5 Å². The van der Waals surface area contributed by atoms with Crippen molar-refractivity contribution < 1.29 is 9.59 Å². The largest absolute Gasteiger partial charge is 0.342 e. The Labute approximate surface area is 171 Å². The number of rotatable bonds is 3. The van der Waals surface area contributed by atoms with E-state index < -0.39 is 0 Å². The lowest BCUT2D eigenvalue weighted by Gasteiger charge is -2.41. The third kappa shape index (κ3) is 3.86. The van der Waals surface area contributed by atoms with Crippen LogP contribution in [0.5, 0.6) is 0 Å². The number of amides is 2. The highest BCUT2D eigenvalue weighted by Crippen LogP contribution is 2.42. The average molecular weight is 397 g/mol. The summed E-state index contributed by atoms with van der Waals surface area (Å²) in [6, 6.07) is 12.0. The maximum atomic E-state index is 13.5. The summed E-state index contributed by atoms with van der Waals surface area (Å²) >= 11 is 1.64. The van der Waals surface area contributed by atoms with Gasteiger partial charge in [-0.3, -0.25) is 9.59 Å². The third-order valence-corrected chi connectivity index (χ3v) is 6.92. The molecular weight excluding hydrogens is 368 g/mol. The predicted molar refractivity (Wildman–Crippen MR) is 113 cm³/mol. The minimum absolute atomic E-state index is 0.113. The van der Waals surface area contributed by atoms with Crippen molar-refractivity contribution in [2.24, 2.45) is 5.92 Å². The Morgan fingerprint density at radius 3 is 2.39 bits per heavy atom. The number of hydrogen-bond acceptors (Lipinski definition) is 3. The van der Waals surface area contributed by atoms with Gasteiger partial charge in [-0.15, -0.1) is 11.3 Å². The summed E-state index contributed by atoms with van der Waals surface area (Å²) in [6.45, 7) is 3.75. The normalized spacial score (nSPS) is 23.5. The van der Waals surface area contributed by atoms with Gasteiger partial charge in [-0.25, -0.2) is 0 Å². The molecule has 2 saturated heterocycles. The van der Waals surface area contributed by atoms with Crippen LogP contribution in [0.3, 0.4) is 0 Å². The lowest BCUT2D eigenvalue weighted by Crippen LogP contribution is -2.49. The Morgan fingerprint density at radius 1 is 1.04 bits per heavy atom. The molecule has 0 spiro atoms. The quantitative estimate of drug-likeness (QED) is 0.737. The van der Waals surface area contributed by atoms with Gasteiger partial charge in [0.1, 0.15) is 0 Å². The zero-order chi connectivity index (χ0) is 19.5. The van der Waals surface area contributed by atoms with Crippen LogP contribution in [-0.4, -0.2) is 29.8 Å². The van der Waals surface area contributed by atoms with E-state index in [1.165, 1.54) is 12.8 Å². The topological polar surface area (TPSA) is 40.6 Å². The number of benzene rings is 1. The Kier molecular flexibility index (Phi) is 5.81. The zero-order valence-electron chi connectivity index (χ0n) is 16.5. The summed E-state index contributed by atoms with van der Waals surface area (Å²) in [5, 5.41) is 2.04. The molecule has 0 N–H and O–H groups in total. The van der Waals surface area contributed by atoms with E-state index in [9.17, 15) is 9.59 Å². The van der Waals surface area contributed by atoms with Crippen molar-refractivity contribution in [3.8, 4) is 0 Å². The van der Waals surface area contributed by atoms with E-state index in [2.05, 4.69) is 11.0 Å². The van der Waals surface area contributed by atoms with Crippen molar-refractivity contribution in [3.05, 3.63) is 52.2 Å². The SMILES string of the molecule is Cc1ccc(N2C(=O)CC[C@H](C(=O)N3CCCCCC3)[C@@H]2c2cccs2)cc1. The number of likely N-dealkylation sites (tertiary alicyclic amines) is 1. The summed E-state index contributed by atoms with van der Waals surface area (Å²) in [4.78, 5) is 31.6. The molecule has 5 heteroatoms. The van der Waals surface area contributed by atoms with E-state index >= 15 is 0 Å². The van der Waals surface area contributed by atoms with Gasteiger partial charge in [-0.05, 0) is 49.8 Å². The van der Waals surface area contributed by atoms with Crippen molar-refractivity contribution in [2.75, 3.05) is 18.0 Å². The van der Waals surface area contributed by atoms with E-state index in [0.717, 1.165) is 42.1 Å². The Hall–Kier alpha value is -2.14. The Bertz CT molecular complexity index is 808. The molecule has 0 bridgehead atoms. The van der Waals surface area contributed by atoms with Crippen LogP contribution in [0, 0.1) is 12.8 Å². The minimum atomic E-state index is -0.209. The molecule has 2 atom stereocenters. The molecule has 2 fully saturated rings. The first kappa shape index (κ1) is 19.2. The molecule has 2 aliphatic rings. The third-order valence-electron chi connectivity index (χ3n) is 5.98. The molecule has 148 valence electrons. The van der Waals surface area contributed by atoms with Gasteiger partial charge < -0.3 is 9.80 Å². The van der Waals surface area contributed by atoms with E-state index in [-0.39, 0.29) is 23.8 Å². The average Bonchev–Trinajstić information content (AvgIpc) is 3.10. The highest BCUT2D eigenvalue weighted by Gasteiger charge is 2.43. The van der Waals surface area contributed by atoms with Gasteiger partial charge in [0.25, 0.3) is 0 Å². The number of carbonyl (C=O) groups is 2. The standard InChI is InChI=1S/C23H28N2O2S/c1-17-8-10-18(11-9-17)25-21(26)13-12-19(22(25)20-7-6-16-28-20)23(27)24-14-4-2-3-5-15-24/h6-11,16,19,22H,2-5,12-15H2,1H3/t19-,22+/m0/s1. The fraction of sp³-hybridized carbons (Fsp3) is 0.478. The summed E-state index contributed by atoms with van der Waals surface area (Å²) < 4.78 is 0. The van der Waals surface area contributed by atoms with Crippen molar-refractivity contribution in [3.63, 3.8) is 0 Å². The summed E-state index contributed by atoms with van der Waals surface area (Å²) in [5.74, 6) is 0.169. The van der Waals surface area contributed by atoms with E-state index in [0.29, 0.717) is 12.8 Å². The van der Waals surface area contributed by atoms with Gasteiger partial charge in [-0.2, -0.15) is 0 Å². The molecule has 1 aromatic carbocycles. The van der Waals surface area contributed by atoms with Crippen LogP contribution in [0.4, 0.5) is 5.69 Å². The molecule has 3 heterocycles. The van der Waals surface area contributed by atoms with Crippen molar-refractivity contribution in [2.45, 2.75) is 51.5 Å². The van der Waals surface area contributed by atoms with Crippen LogP contribution in [0.15, 0.2) is 41.8 Å². The number of hydrogen-bond donors (Lipinski definition) is 0. The van der Waals surface area contributed by atoms with E-state index in [4.69, 9.17) is 0 Å². The van der Waals surface area contributed by atoms with Gasteiger partial charge in [0, 0.05) is 30.1 Å². The molecule has 4 nitrogen and oxygen atoms in total. The first-order chi connectivity index (χ1) is 13.6. The lowest BCUT2D eigenvalue weighted by molar-refractivity contribution is -0.138. The summed E-state index contributed by atoms with van der Waals surface area (Å²) in [6.07, 6.45) is 5.65. The van der Waals surface area contributed by atoms with Gasteiger partial charge >= 0.3 is 0 Å². The number of carbonyl (C=O) groups excluding carboxylic acids is 2. The zero-order valence-corrected chi connectivity index (χ0v) is 17.3. The number of anilines is 1. The van der Waals surface area contributed by atoms with Crippen LogP contribution < -0.4 is 4.90 Å². The number of thiophene rings is 1. The Balaban J connectivity index is 1.70. The minimum Gasteiger partial charge on any atom is -0.342 e. The molecule has 2 amide bonds. The van der Waals surface area contributed by atoms with Gasteiger partial charge in [0.2, 0.25) is 11.8 Å². The smallest absolute Gasteiger partial charge is 0.228 e. The monoisotopic (exact) mass is 396 g/mol. The van der Waals surface area contributed by atoms with Crippen LogP contribution in [0.25, 0.3) is 0 Å². The van der Waals surface area contributed by atoms with Gasteiger partial charge in [-0.1, -0.05) is 36.6 Å². The van der Waals surface area contributed by atoms with Crippen molar-refractivity contribution >= 4 is 28.8 Å². The molecule has 4 rings (SSSR count). The number of nitrogens with zero attached hydrogens (tertiary/aromatic N) is 2. The van der Waals surface area contributed by atoms with Gasteiger partial charge in [0.05, 0.1) is 12.0 Å². The Morgan fingerprint density at radius 2 is 1.75 bits per heavy atom. The second kappa shape index (κ2) is 8.48. The van der Waals surface area contributed by atoms with Crippen molar-refractivity contribution in [1.29, 1.82) is 0 Å². The molecule has 0 saturated carbocycles. The molecule has 2 aromatic rings.